The van der Waals surface area contributed by atoms with Crippen molar-refractivity contribution in [2.45, 2.75) is 12.8 Å². The van der Waals surface area contributed by atoms with Crippen LogP contribution >= 0.6 is 0 Å². The number of nitrogens with zero attached hydrogens (tertiary/aromatic N) is 2. The minimum atomic E-state index is -0.638. The van der Waals surface area contributed by atoms with E-state index in [1.807, 2.05) is 26.0 Å². The Morgan fingerprint density at radius 1 is 1.03 bits per heavy atom. The van der Waals surface area contributed by atoms with Crippen molar-refractivity contribution in [2.75, 3.05) is 34.2 Å². The van der Waals surface area contributed by atoms with Gasteiger partial charge >= 0.3 is 0 Å². The highest BCUT2D eigenvalue weighted by Gasteiger charge is 2.37. The molecular weight excluding hydrogens is 380 g/mol. The maximum Gasteiger partial charge on any atom is 0.235 e. The topological polar surface area (TPSA) is 94.6 Å². The Hall–Kier alpha value is -3.16. The Bertz CT molecular complexity index is 1110. The number of carbonyl (C=O) groups excluding carboxylic acids is 3. The predicted molar refractivity (Wildman–Crippen MR) is 116 cm³/mol. The molecule has 0 aromatic carbocycles. The van der Waals surface area contributed by atoms with Crippen LogP contribution in [-0.4, -0.2) is 67.7 Å². The van der Waals surface area contributed by atoms with Crippen LogP contribution in [0.15, 0.2) is 51.3 Å². The Labute approximate surface area is 174 Å². The number of Topliss-reactive ketones (excluding diaryl/α,β-unsaturated/α-hetero) is 3. The van der Waals surface area contributed by atoms with Crippen LogP contribution in [-0.2, 0) is 16.0 Å². The molecule has 4 rings (SSSR count). The minimum Gasteiger partial charge on any atom is -0.361 e. The molecule has 30 heavy (non-hydrogen) atoms. The molecule has 0 saturated heterocycles. The molecule has 0 saturated carbocycles. The monoisotopic (exact) mass is 404 g/mol. The Kier molecular flexibility index (Phi) is 5.32. The lowest BCUT2D eigenvalue weighted by Gasteiger charge is -2.18. The van der Waals surface area contributed by atoms with Crippen molar-refractivity contribution >= 4 is 29.6 Å². The second-order valence-electron chi connectivity index (χ2n) is 7.85. The van der Waals surface area contributed by atoms with Crippen molar-refractivity contribution in [3.63, 3.8) is 0 Å². The first kappa shape index (κ1) is 20.1. The van der Waals surface area contributed by atoms with Gasteiger partial charge in [0.2, 0.25) is 11.6 Å². The zero-order valence-corrected chi connectivity index (χ0v) is 17.3. The molecule has 0 unspecified atom stereocenters. The summed E-state index contributed by atoms with van der Waals surface area (Å²) in [7, 11) is 5.76. The molecule has 2 N–H and O–H groups in total. The molecular formula is C23H24N4O3. The number of hydrogen-bond donors (Lipinski definition) is 2. The zero-order valence-electron chi connectivity index (χ0n) is 17.3. The first-order chi connectivity index (χ1) is 14.4. The van der Waals surface area contributed by atoms with Gasteiger partial charge in [-0.1, -0.05) is 0 Å². The summed E-state index contributed by atoms with van der Waals surface area (Å²) in [6, 6.07) is 0. The molecule has 0 radical (unpaired) electrons. The van der Waals surface area contributed by atoms with Gasteiger partial charge in [0, 0.05) is 30.1 Å². The van der Waals surface area contributed by atoms with E-state index in [9.17, 15) is 14.4 Å². The highest BCUT2D eigenvalue weighted by Crippen LogP contribution is 2.35. The van der Waals surface area contributed by atoms with Crippen molar-refractivity contribution in [3.8, 4) is 0 Å². The molecule has 1 aliphatic heterocycles. The Morgan fingerprint density at radius 3 is 2.57 bits per heavy atom. The largest absolute Gasteiger partial charge is 0.361 e. The predicted octanol–water partition coefficient (Wildman–Crippen LogP) is 1.65. The summed E-state index contributed by atoms with van der Waals surface area (Å²) in [5.74, 6) is -1.46. The maximum atomic E-state index is 13.2. The molecule has 2 aliphatic carbocycles. The SMILES string of the molecule is CNCCC1=C2C(=O)C(C3=Cc4[nH]cc(CCN(C)C)c4C(=O)C3=O)=CC=C2N=C1. The maximum absolute atomic E-state index is 13.2. The van der Waals surface area contributed by atoms with E-state index in [-0.39, 0.29) is 16.9 Å². The van der Waals surface area contributed by atoms with Gasteiger partial charge in [-0.3, -0.25) is 19.4 Å². The lowest BCUT2D eigenvalue weighted by molar-refractivity contribution is -0.114. The minimum absolute atomic E-state index is 0.140. The van der Waals surface area contributed by atoms with E-state index in [0.29, 0.717) is 41.9 Å². The van der Waals surface area contributed by atoms with Crippen molar-refractivity contribution in [1.29, 1.82) is 0 Å². The molecule has 0 amide bonds. The molecule has 154 valence electrons. The summed E-state index contributed by atoms with van der Waals surface area (Å²) in [5.41, 5.74) is 4.18. The first-order valence-corrected chi connectivity index (χ1v) is 9.97. The number of nitrogens with one attached hydrogen (secondary N) is 2. The number of rotatable bonds is 7. The molecule has 1 aromatic heterocycles. The summed E-state index contributed by atoms with van der Waals surface area (Å²) in [5, 5.41) is 3.06. The third kappa shape index (κ3) is 3.36. The smallest absolute Gasteiger partial charge is 0.235 e. The number of fused-ring (bicyclic) bond motifs is 2. The molecule has 3 aliphatic rings. The van der Waals surface area contributed by atoms with Crippen LogP contribution < -0.4 is 5.32 Å². The summed E-state index contributed by atoms with van der Waals surface area (Å²) < 4.78 is 0. The Morgan fingerprint density at radius 2 is 1.83 bits per heavy atom. The normalized spacial score (nSPS) is 18.0. The van der Waals surface area contributed by atoms with Gasteiger partial charge < -0.3 is 15.2 Å². The van der Waals surface area contributed by atoms with Gasteiger partial charge in [-0.15, -0.1) is 0 Å². The molecule has 0 bridgehead atoms. The van der Waals surface area contributed by atoms with Crippen LogP contribution in [0.4, 0.5) is 0 Å². The summed E-state index contributed by atoms with van der Waals surface area (Å²) in [6.45, 7) is 1.48. The number of hydrogen-bond acceptors (Lipinski definition) is 6. The lowest BCUT2D eigenvalue weighted by atomic mass is 9.82. The highest BCUT2D eigenvalue weighted by atomic mass is 16.2. The van der Waals surface area contributed by atoms with Crippen LogP contribution in [0.25, 0.3) is 6.08 Å². The molecule has 0 atom stereocenters. The number of aromatic amines is 1. The number of aromatic nitrogens is 1. The average molecular weight is 404 g/mol. The van der Waals surface area contributed by atoms with Gasteiger partial charge in [-0.2, -0.15) is 0 Å². The van der Waals surface area contributed by atoms with Gasteiger partial charge in [0.05, 0.1) is 22.5 Å². The van der Waals surface area contributed by atoms with Crippen molar-refractivity contribution < 1.29 is 14.4 Å². The van der Waals surface area contributed by atoms with Gasteiger partial charge in [-0.25, -0.2) is 0 Å². The highest BCUT2D eigenvalue weighted by molar-refractivity contribution is 6.54. The van der Waals surface area contributed by atoms with Crippen LogP contribution in [0.1, 0.15) is 28.0 Å². The standard InChI is InChI=1S/C23H24N4O3/c1-24-8-6-13-11-25-17-5-4-15(21(28)19(13)17)16-10-18-20(23(30)22(16)29)14(12-26-18)7-9-27(2)3/h4-5,10-12,24,26H,6-9H2,1-3H3. The van der Waals surface area contributed by atoms with Gasteiger partial charge in [-0.05, 0) is 69.9 Å². The summed E-state index contributed by atoms with van der Waals surface area (Å²) in [6.07, 6.45) is 9.76. The number of ketones is 3. The van der Waals surface area contributed by atoms with Crippen molar-refractivity contribution in [1.82, 2.24) is 15.2 Å². The summed E-state index contributed by atoms with van der Waals surface area (Å²) >= 11 is 0. The summed E-state index contributed by atoms with van der Waals surface area (Å²) in [4.78, 5) is 48.5. The van der Waals surface area contributed by atoms with E-state index in [2.05, 4.69) is 15.3 Å². The lowest BCUT2D eigenvalue weighted by Crippen LogP contribution is -2.27. The Balaban J connectivity index is 1.70. The van der Waals surface area contributed by atoms with Gasteiger partial charge in [0.25, 0.3) is 0 Å². The number of H-pyrrole nitrogens is 1. The van der Waals surface area contributed by atoms with E-state index in [1.54, 1.807) is 30.6 Å². The second kappa shape index (κ2) is 7.93. The van der Waals surface area contributed by atoms with Crippen molar-refractivity contribution in [3.05, 3.63) is 63.2 Å². The second-order valence-corrected chi connectivity index (χ2v) is 7.85. The van der Waals surface area contributed by atoms with E-state index in [4.69, 9.17) is 0 Å². The van der Waals surface area contributed by atoms with E-state index < -0.39 is 11.6 Å². The van der Waals surface area contributed by atoms with Gasteiger partial charge in [0.1, 0.15) is 0 Å². The van der Waals surface area contributed by atoms with Crippen LogP contribution in [0.3, 0.4) is 0 Å². The third-order valence-electron chi connectivity index (χ3n) is 5.54. The fourth-order valence-corrected chi connectivity index (χ4v) is 3.91. The van der Waals surface area contributed by atoms with Crippen LogP contribution in [0.5, 0.6) is 0 Å². The number of carbonyl (C=O) groups is 3. The molecule has 1 aromatic rings. The number of likely N-dealkylation sites (N-methyl/N-ethyl adjacent to an activating group) is 1. The molecule has 0 fully saturated rings. The van der Waals surface area contributed by atoms with E-state index >= 15 is 0 Å². The molecule has 2 heterocycles. The fraction of sp³-hybridized carbons (Fsp3) is 0.304. The average Bonchev–Trinajstić information content (AvgIpc) is 3.32. The molecule has 0 spiro atoms. The third-order valence-corrected chi connectivity index (χ3v) is 5.54. The van der Waals surface area contributed by atoms with Crippen LogP contribution in [0, 0.1) is 0 Å². The quantitative estimate of drug-likeness (QED) is 0.674. The first-order valence-electron chi connectivity index (χ1n) is 9.97. The molecule has 7 nitrogen and oxygen atoms in total. The number of allylic oxidation sites excluding steroid dienone is 5. The van der Waals surface area contributed by atoms with E-state index in [0.717, 1.165) is 17.7 Å². The van der Waals surface area contributed by atoms with E-state index in [1.165, 1.54) is 0 Å². The number of aliphatic imine (C=N–C) groups is 1. The fourth-order valence-electron chi connectivity index (χ4n) is 3.91. The van der Waals surface area contributed by atoms with Crippen molar-refractivity contribution in [2.24, 2.45) is 4.99 Å². The zero-order chi connectivity index (χ0) is 21.4. The van der Waals surface area contributed by atoms with Gasteiger partial charge in [0.15, 0.2) is 5.78 Å². The molecule has 7 heteroatoms. The van der Waals surface area contributed by atoms with Crippen LogP contribution in [0.2, 0.25) is 0 Å².